The van der Waals surface area contributed by atoms with Gasteiger partial charge in [-0.3, -0.25) is 57.5 Å². The van der Waals surface area contributed by atoms with Crippen molar-refractivity contribution in [2.24, 2.45) is 40.7 Å². The summed E-state index contributed by atoms with van der Waals surface area (Å²) in [5.74, 6) is -11.8. The second kappa shape index (κ2) is 32.6. The fourth-order valence-corrected chi connectivity index (χ4v) is 7.08. The Kier molecular flexibility index (Phi) is 29.7. The van der Waals surface area contributed by atoms with E-state index < -0.39 is 145 Å². The van der Waals surface area contributed by atoms with E-state index in [0.29, 0.717) is 0 Å². The van der Waals surface area contributed by atoms with Crippen molar-refractivity contribution in [3.05, 3.63) is 0 Å². The van der Waals surface area contributed by atoms with Gasteiger partial charge in [0.2, 0.25) is 70.9 Å². The molecule has 0 aliphatic heterocycles. The molecule has 0 spiro atoms. The lowest BCUT2D eigenvalue weighted by Crippen LogP contribution is -2.61. The highest BCUT2D eigenvalue weighted by Gasteiger charge is 2.36. The van der Waals surface area contributed by atoms with Gasteiger partial charge in [-0.05, 0) is 43.6 Å². The Hall–Kier alpha value is -6.13. The van der Waals surface area contributed by atoms with E-state index in [4.69, 9.17) is 22.9 Å². The van der Waals surface area contributed by atoms with Crippen LogP contribution < -0.4 is 76.1 Å². The van der Waals surface area contributed by atoms with Crippen LogP contribution in [0.1, 0.15) is 74.1 Å². The first-order chi connectivity index (χ1) is 32.2. The van der Waals surface area contributed by atoms with E-state index >= 15 is 0 Å². The summed E-state index contributed by atoms with van der Waals surface area (Å²) in [5.41, 5.74) is 21.7. The van der Waals surface area contributed by atoms with Crippen LogP contribution in [0.4, 0.5) is 0 Å². The molecule has 0 aromatic rings. The standard InChI is InChI=1S/C41H74N14O13S/c1-19(2)11-24(50-36(63)23(9-10-42)48-22(7)57)37(64)52-26(13-30(44)58)38(65)51-25(12-20(3)4)39(66)55-33(21(5)6)41(68)53-28(16-56)40(67)54-29(35(62)47-15-31(45)59)17-69-18-32(60)49-27(14-43)34(61)46-8/h19-21,23-29,33,56H,9-18,42-43H2,1-8H3,(H2,44,58)(H2,45,59)(H,46,61)(H,47,62)(H,48,57)(H,49,60)(H,50,63)(H,51,65)(H,52,64)(H,53,68)(H,54,67)(H,55,66)/t23-,24+,25-,26-,27-,28-,29-,33-/m0/s1. The molecule has 0 radical (unpaired) electrons. The van der Waals surface area contributed by atoms with Crippen LogP contribution in [0.3, 0.4) is 0 Å². The number of primary amides is 2. The Bertz CT molecular complexity index is 1800. The van der Waals surface area contributed by atoms with E-state index in [2.05, 4.69) is 53.2 Å². The molecule has 0 fully saturated rings. The van der Waals surface area contributed by atoms with Crippen molar-refractivity contribution in [3.63, 3.8) is 0 Å². The number of thioether (sulfide) groups is 1. The lowest BCUT2D eigenvalue weighted by atomic mass is 9.99. The van der Waals surface area contributed by atoms with Gasteiger partial charge in [-0.2, -0.15) is 0 Å². The van der Waals surface area contributed by atoms with Crippen LogP contribution in [-0.4, -0.2) is 169 Å². The summed E-state index contributed by atoms with van der Waals surface area (Å²) in [7, 11) is 1.35. The Labute approximate surface area is 405 Å². The number of hydrogen-bond acceptors (Lipinski definition) is 16. The number of nitrogens with one attached hydrogen (secondary N) is 10. The van der Waals surface area contributed by atoms with Crippen molar-refractivity contribution in [3.8, 4) is 0 Å². The van der Waals surface area contributed by atoms with Gasteiger partial charge in [0, 0.05) is 26.3 Å². The molecule has 0 bridgehead atoms. The van der Waals surface area contributed by atoms with E-state index in [0.717, 1.165) is 11.8 Å². The van der Waals surface area contributed by atoms with Gasteiger partial charge in [-0.1, -0.05) is 41.5 Å². The average Bonchev–Trinajstić information content (AvgIpc) is 3.25. The molecular weight excluding hydrogens is 929 g/mol. The molecule has 0 saturated heterocycles. The van der Waals surface area contributed by atoms with Gasteiger partial charge < -0.3 is 81.2 Å². The van der Waals surface area contributed by atoms with Crippen LogP contribution in [0.2, 0.25) is 0 Å². The third-order valence-electron chi connectivity index (χ3n) is 9.65. The molecule has 0 aromatic carbocycles. The van der Waals surface area contributed by atoms with E-state index in [-0.39, 0.29) is 55.7 Å². The first kappa shape index (κ1) is 62.9. The Morgan fingerprint density at radius 3 is 1.46 bits per heavy atom. The predicted molar refractivity (Wildman–Crippen MR) is 252 cm³/mol. The molecule has 12 amide bonds. The second-order valence-electron chi connectivity index (χ2n) is 17.1. The van der Waals surface area contributed by atoms with Crippen molar-refractivity contribution < 1.29 is 62.6 Å². The Morgan fingerprint density at radius 1 is 0.536 bits per heavy atom. The highest BCUT2D eigenvalue weighted by atomic mass is 32.2. The second-order valence-corrected chi connectivity index (χ2v) is 18.2. The average molecular weight is 1000 g/mol. The van der Waals surface area contributed by atoms with E-state index in [1.165, 1.54) is 14.0 Å². The zero-order valence-electron chi connectivity index (χ0n) is 40.5. The first-order valence-electron chi connectivity index (χ1n) is 22.2. The summed E-state index contributed by atoms with van der Waals surface area (Å²) in [6.45, 7) is 9.47. The van der Waals surface area contributed by atoms with Gasteiger partial charge in [0.15, 0.2) is 0 Å². The molecule has 0 aromatic heterocycles. The van der Waals surface area contributed by atoms with Gasteiger partial charge in [0.05, 0.1) is 25.3 Å². The van der Waals surface area contributed by atoms with Crippen molar-refractivity contribution in [2.45, 2.75) is 122 Å². The molecule has 19 N–H and O–H groups in total. The molecule has 8 atom stereocenters. The molecule has 392 valence electrons. The third-order valence-corrected chi connectivity index (χ3v) is 10.7. The SMILES string of the molecule is CNC(=O)[C@H](CN)NC(=O)CSC[C@H](NC(=O)[C@H](CO)NC(=O)[C@@H](NC(=O)[C@H](CC(C)C)NC(=O)[C@H](CC(N)=O)NC(=O)[C@@H](CC(C)C)NC(=O)[C@H](CCN)NC(C)=O)C(C)C)C(=O)NCC(N)=O. The van der Waals surface area contributed by atoms with Gasteiger partial charge in [-0.25, -0.2) is 0 Å². The Morgan fingerprint density at radius 2 is 1.01 bits per heavy atom. The molecular formula is C41H74N14O13S. The summed E-state index contributed by atoms with van der Waals surface area (Å²) in [4.78, 5) is 154. The van der Waals surface area contributed by atoms with E-state index in [9.17, 15) is 62.6 Å². The number of amides is 12. The molecule has 27 nitrogen and oxygen atoms in total. The topological polar surface area (TPSA) is 449 Å². The third kappa shape index (κ3) is 25.2. The number of carbonyl (C=O) groups excluding carboxylic acids is 12. The fraction of sp³-hybridized carbons (Fsp3) is 0.707. The maximum Gasteiger partial charge on any atom is 0.245 e. The summed E-state index contributed by atoms with van der Waals surface area (Å²) >= 11 is 0.844. The molecule has 28 heteroatoms. The lowest BCUT2D eigenvalue weighted by molar-refractivity contribution is -0.137. The Balaban J connectivity index is 6.31. The number of likely N-dealkylation sites (N-methyl/N-ethyl adjacent to an activating group) is 1. The largest absolute Gasteiger partial charge is 0.394 e. The highest BCUT2D eigenvalue weighted by molar-refractivity contribution is 8.00. The minimum Gasteiger partial charge on any atom is -0.394 e. The van der Waals surface area contributed by atoms with Gasteiger partial charge in [-0.15, -0.1) is 11.8 Å². The summed E-state index contributed by atoms with van der Waals surface area (Å²) < 4.78 is 0. The first-order valence-corrected chi connectivity index (χ1v) is 23.4. The number of hydrogen-bond donors (Lipinski definition) is 15. The number of carbonyl (C=O) groups is 12. The van der Waals surface area contributed by atoms with Crippen LogP contribution in [0.15, 0.2) is 0 Å². The van der Waals surface area contributed by atoms with Crippen molar-refractivity contribution in [1.29, 1.82) is 0 Å². The molecule has 69 heavy (non-hydrogen) atoms. The number of aliphatic hydroxyl groups excluding tert-OH is 1. The van der Waals surface area contributed by atoms with Crippen molar-refractivity contribution in [2.75, 3.05) is 44.8 Å². The smallest absolute Gasteiger partial charge is 0.245 e. The van der Waals surface area contributed by atoms with Gasteiger partial charge >= 0.3 is 0 Å². The van der Waals surface area contributed by atoms with Gasteiger partial charge in [0.25, 0.3) is 0 Å². The highest BCUT2D eigenvalue weighted by Crippen LogP contribution is 2.12. The summed E-state index contributed by atoms with van der Waals surface area (Å²) in [6.07, 6.45) is -0.634. The van der Waals surface area contributed by atoms with Crippen LogP contribution in [0.5, 0.6) is 0 Å². The maximum atomic E-state index is 13.9. The molecule has 0 unspecified atom stereocenters. The van der Waals surface area contributed by atoms with Crippen LogP contribution in [0.25, 0.3) is 0 Å². The number of rotatable bonds is 33. The number of aliphatic hydroxyl groups is 1. The van der Waals surface area contributed by atoms with E-state index in [1.54, 1.807) is 41.5 Å². The zero-order chi connectivity index (χ0) is 53.1. The minimum absolute atomic E-state index is 0.0266. The predicted octanol–water partition coefficient (Wildman–Crippen LogP) is -7.11. The summed E-state index contributed by atoms with van der Waals surface area (Å²) in [5, 5.41) is 34.3. The minimum atomic E-state index is -1.72. The molecule has 0 aliphatic carbocycles. The lowest BCUT2D eigenvalue weighted by Gasteiger charge is -2.29. The fourth-order valence-electron chi connectivity index (χ4n) is 6.22. The van der Waals surface area contributed by atoms with Crippen molar-refractivity contribution >= 4 is 82.6 Å². The summed E-state index contributed by atoms with van der Waals surface area (Å²) in [6, 6.07) is -11.0. The number of nitrogens with two attached hydrogens (primary N) is 4. The maximum absolute atomic E-state index is 13.9. The molecule has 0 rings (SSSR count). The van der Waals surface area contributed by atoms with Gasteiger partial charge in [0.1, 0.15) is 48.3 Å². The molecule has 0 heterocycles. The van der Waals surface area contributed by atoms with Crippen LogP contribution in [0, 0.1) is 17.8 Å². The van der Waals surface area contributed by atoms with Crippen LogP contribution in [-0.2, 0) is 57.5 Å². The monoisotopic (exact) mass is 1000 g/mol. The molecule has 0 saturated carbocycles. The van der Waals surface area contributed by atoms with E-state index in [1.807, 2.05) is 0 Å². The van der Waals surface area contributed by atoms with Crippen LogP contribution >= 0.6 is 11.8 Å². The van der Waals surface area contributed by atoms with Crippen molar-refractivity contribution in [1.82, 2.24) is 53.2 Å². The normalized spacial score (nSPS) is 14.5. The zero-order valence-corrected chi connectivity index (χ0v) is 41.3. The quantitative estimate of drug-likeness (QED) is 0.0290. The molecule has 0 aliphatic rings.